The fourth-order valence-corrected chi connectivity index (χ4v) is 5.42. The van der Waals surface area contributed by atoms with Crippen molar-refractivity contribution in [2.45, 2.75) is 30.2 Å². The lowest BCUT2D eigenvalue weighted by Crippen LogP contribution is -2.38. The smallest absolute Gasteiger partial charge is 0.268 e. The van der Waals surface area contributed by atoms with Gasteiger partial charge in [0.15, 0.2) is 11.6 Å². The maximum Gasteiger partial charge on any atom is 0.268 e. The Morgan fingerprint density at radius 1 is 1.09 bits per heavy atom. The average molecular weight is 455 g/mol. The number of aromatic nitrogens is 3. The summed E-state index contributed by atoms with van der Waals surface area (Å²) in [6, 6.07) is 8.85. The zero-order valence-corrected chi connectivity index (χ0v) is 18.1. The Labute approximate surface area is 184 Å². The number of hydrogen-bond donors (Lipinski definition) is 0. The molecule has 4 aromatic rings. The summed E-state index contributed by atoms with van der Waals surface area (Å²) in [6.07, 6.45) is 8.73. The van der Waals surface area contributed by atoms with E-state index in [1.165, 1.54) is 12.4 Å². The predicted molar refractivity (Wildman–Crippen MR) is 118 cm³/mol. The van der Waals surface area contributed by atoms with Crippen LogP contribution in [0.25, 0.3) is 22.2 Å². The first kappa shape index (κ1) is 20.6. The Balaban J connectivity index is 1.60. The molecule has 1 aliphatic carbocycles. The minimum Gasteiger partial charge on any atom is -0.367 e. The highest BCUT2D eigenvalue weighted by atomic mass is 32.2. The van der Waals surface area contributed by atoms with Gasteiger partial charge in [0.25, 0.3) is 10.0 Å². The molecule has 0 unspecified atom stereocenters. The van der Waals surface area contributed by atoms with Crippen LogP contribution in [0.2, 0.25) is 0 Å². The van der Waals surface area contributed by atoms with Crippen molar-refractivity contribution < 1.29 is 17.2 Å². The Morgan fingerprint density at radius 3 is 2.47 bits per heavy atom. The molecule has 0 radical (unpaired) electrons. The molecule has 5 rings (SSSR count). The van der Waals surface area contributed by atoms with E-state index in [0.29, 0.717) is 22.2 Å². The third-order valence-corrected chi connectivity index (χ3v) is 7.71. The van der Waals surface area contributed by atoms with Crippen LogP contribution in [0.15, 0.2) is 66.1 Å². The molecule has 9 heteroatoms. The Morgan fingerprint density at radius 2 is 1.84 bits per heavy atom. The summed E-state index contributed by atoms with van der Waals surface area (Å²) < 4.78 is 57.4. The van der Waals surface area contributed by atoms with E-state index in [1.807, 2.05) is 6.07 Å². The van der Waals surface area contributed by atoms with Gasteiger partial charge < -0.3 is 4.90 Å². The summed E-state index contributed by atoms with van der Waals surface area (Å²) in [7, 11) is -2.63. The Kier molecular flexibility index (Phi) is 4.93. The predicted octanol–water partition coefficient (Wildman–Crippen LogP) is 4.60. The van der Waals surface area contributed by atoms with Crippen LogP contribution in [-0.2, 0) is 10.0 Å². The number of pyridine rings is 2. The topological polar surface area (TPSA) is 68.1 Å². The number of anilines is 1. The molecule has 1 fully saturated rings. The largest absolute Gasteiger partial charge is 0.367 e. The number of fused-ring (bicyclic) bond motifs is 1. The molecule has 0 saturated heterocycles. The lowest BCUT2D eigenvalue weighted by Gasteiger charge is -2.36. The van der Waals surface area contributed by atoms with Crippen LogP contribution >= 0.6 is 0 Å². The number of benzene rings is 1. The van der Waals surface area contributed by atoms with Crippen LogP contribution in [0.4, 0.5) is 14.5 Å². The van der Waals surface area contributed by atoms with E-state index < -0.39 is 26.6 Å². The monoisotopic (exact) mass is 454 g/mol. The third kappa shape index (κ3) is 3.24. The molecule has 32 heavy (non-hydrogen) atoms. The quantitative estimate of drug-likeness (QED) is 0.441. The van der Waals surface area contributed by atoms with Gasteiger partial charge in [-0.25, -0.2) is 21.2 Å². The molecule has 0 aliphatic heterocycles. The van der Waals surface area contributed by atoms with Crippen LogP contribution in [0.3, 0.4) is 0 Å². The Bertz CT molecular complexity index is 1390. The lowest BCUT2D eigenvalue weighted by atomic mass is 9.91. The molecule has 3 heterocycles. The van der Waals surface area contributed by atoms with Crippen molar-refractivity contribution in [3.05, 3.63) is 72.8 Å². The van der Waals surface area contributed by atoms with Crippen molar-refractivity contribution in [1.29, 1.82) is 0 Å². The van der Waals surface area contributed by atoms with Crippen molar-refractivity contribution in [1.82, 2.24) is 13.9 Å². The molecule has 1 aromatic carbocycles. The standard InChI is InChI=1S/C23H20F2N4O2S/c1-28(15-5-4-6-15)23-19(24)11-16(12-20(23)25)32(30,31)29-10-8-17-18(13-26-14-22(17)29)21-7-2-3-9-27-21/h2-3,7-15H,4-6H2,1H3. The van der Waals surface area contributed by atoms with Crippen molar-refractivity contribution in [2.75, 3.05) is 11.9 Å². The molecule has 0 amide bonds. The van der Waals surface area contributed by atoms with Crippen LogP contribution in [0.1, 0.15) is 19.3 Å². The van der Waals surface area contributed by atoms with Gasteiger partial charge in [0, 0.05) is 42.6 Å². The van der Waals surface area contributed by atoms with Gasteiger partial charge in [0.05, 0.1) is 22.3 Å². The van der Waals surface area contributed by atoms with E-state index in [2.05, 4.69) is 9.97 Å². The molecule has 1 aliphatic rings. The second kappa shape index (κ2) is 7.67. The molecular formula is C23H20F2N4O2S. The first-order valence-electron chi connectivity index (χ1n) is 10.2. The zero-order valence-electron chi connectivity index (χ0n) is 17.2. The fourth-order valence-electron chi connectivity index (χ4n) is 4.07. The zero-order chi connectivity index (χ0) is 22.5. The van der Waals surface area contributed by atoms with Crippen LogP contribution in [0, 0.1) is 11.6 Å². The van der Waals surface area contributed by atoms with E-state index >= 15 is 0 Å². The van der Waals surface area contributed by atoms with Gasteiger partial charge in [-0.1, -0.05) is 6.07 Å². The second-order valence-electron chi connectivity index (χ2n) is 7.88. The van der Waals surface area contributed by atoms with E-state index in [0.717, 1.165) is 35.4 Å². The number of hydrogen-bond acceptors (Lipinski definition) is 5. The molecule has 164 valence electrons. The normalized spacial score (nSPS) is 14.5. The van der Waals surface area contributed by atoms with Gasteiger partial charge in [-0.3, -0.25) is 9.97 Å². The third-order valence-electron chi connectivity index (χ3n) is 6.04. The highest BCUT2D eigenvalue weighted by Crippen LogP contribution is 2.34. The minimum absolute atomic E-state index is 0.0611. The molecule has 1 saturated carbocycles. The van der Waals surface area contributed by atoms with Crippen LogP contribution in [-0.4, -0.2) is 35.4 Å². The van der Waals surface area contributed by atoms with Crippen LogP contribution in [0.5, 0.6) is 0 Å². The molecular weight excluding hydrogens is 434 g/mol. The van der Waals surface area contributed by atoms with E-state index in [9.17, 15) is 17.2 Å². The number of rotatable bonds is 5. The van der Waals surface area contributed by atoms with Gasteiger partial charge in [0.2, 0.25) is 0 Å². The molecule has 0 bridgehead atoms. The second-order valence-corrected chi connectivity index (χ2v) is 9.70. The fraction of sp³-hybridized carbons (Fsp3) is 0.217. The van der Waals surface area contributed by atoms with Gasteiger partial charge in [-0.05, 0) is 49.6 Å². The SMILES string of the molecule is CN(c1c(F)cc(S(=O)(=O)n2ccc3c(-c4ccccn4)cncc32)cc1F)C1CCC1. The van der Waals surface area contributed by atoms with Gasteiger partial charge in [-0.2, -0.15) is 0 Å². The highest BCUT2D eigenvalue weighted by Gasteiger charge is 2.29. The summed E-state index contributed by atoms with van der Waals surface area (Å²) >= 11 is 0. The highest BCUT2D eigenvalue weighted by molar-refractivity contribution is 7.90. The molecule has 0 spiro atoms. The van der Waals surface area contributed by atoms with Gasteiger partial charge in [0.1, 0.15) is 5.69 Å². The first-order chi connectivity index (χ1) is 15.4. The summed E-state index contributed by atoms with van der Waals surface area (Å²) in [4.78, 5) is 9.55. The van der Waals surface area contributed by atoms with Crippen molar-refractivity contribution in [3.63, 3.8) is 0 Å². The van der Waals surface area contributed by atoms with Gasteiger partial charge >= 0.3 is 0 Å². The van der Waals surface area contributed by atoms with E-state index in [1.54, 1.807) is 42.5 Å². The lowest BCUT2D eigenvalue weighted by molar-refractivity contribution is 0.393. The molecule has 6 nitrogen and oxygen atoms in total. The first-order valence-corrected chi connectivity index (χ1v) is 11.7. The molecule has 0 N–H and O–H groups in total. The minimum atomic E-state index is -4.26. The van der Waals surface area contributed by atoms with Crippen molar-refractivity contribution >= 4 is 26.6 Å². The summed E-state index contributed by atoms with van der Waals surface area (Å²) in [5.41, 5.74) is 1.39. The summed E-state index contributed by atoms with van der Waals surface area (Å²) in [6.45, 7) is 0. The Hall–Kier alpha value is -3.33. The maximum absolute atomic E-state index is 14.9. The molecule has 3 aromatic heterocycles. The van der Waals surface area contributed by atoms with Crippen LogP contribution < -0.4 is 4.90 Å². The van der Waals surface area contributed by atoms with Crippen molar-refractivity contribution in [3.8, 4) is 11.3 Å². The van der Waals surface area contributed by atoms with Crippen molar-refractivity contribution in [2.24, 2.45) is 0 Å². The maximum atomic E-state index is 14.9. The summed E-state index contributed by atoms with van der Waals surface area (Å²) in [5.74, 6) is -1.80. The summed E-state index contributed by atoms with van der Waals surface area (Å²) in [5, 5.41) is 0.615. The van der Waals surface area contributed by atoms with E-state index in [-0.39, 0.29) is 11.7 Å². The van der Waals surface area contributed by atoms with E-state index in [4.69, 9.17) is 0 Å². The number of nitrogens with zero attached hydrogens (tertiary/aromatic N) is 4. The average Bonchev–Trinajstić information content (AvgIpc) is 3.17. The number of halogens is 2. The molecule has 0 atom stereocenters. The van der Waals surface area contributed by atoms with Gasteiger partial charge in [-0.15, -0.1) is 0 Å².